The van der Waals surface area contributed by atoms with Gasteiger partial charge >= 0.3 is 11.1 Å². The van der Waals surface area contributed by atoms with Gasteiger partial charge in [0.15, 0.2) is 0 Å². The molecule has 4 N–H and O–H groups in total. The number of benzene rings is 2. The van der Waals surface area contributed by atoms with Crippen LogP contribution in [-0.2, 0) is 21.2 Å². The highest BCUT2D eigenvalue weighted by Gasteiger charge is 2.23. The highest BCUT2D eigenvalue weighted by molar-refractivity contribution is 7.89. The lowest BCUT2D eigenvalue weighted by Crippen LogP contribution is -2.49. The fourth-order valence-electron chi connectivity index (χ4n) is 3.21. The van der Waals surface area contributed by atoms with E-state index < -0.39 is 33.2 Å². The minimum absolute atomic E-state index is 0.0871. The molecule has 0 radical (unpaired) electrons. The van der Waals surface area contributed by atoms with Crippen molar-refractivity contribution >= 4 is 37.9 Å². The summed E-state index contributed by atoms with van der Waals surface area (Å²) in [6.45, 7) is 0. The quantitative estimate of drug-likeness (QED) is 0.298. The Bertz CT molecular complexity index is 1500. The van der Waals surface area contributed by atoms with E-state index in [4.69, 9.17) is 0 Å². The number of H-pyrrole nitrogens is 3. The molecular formula is C19H15N4O6S-. The zero-order valence-corrected chi connectivity index (χ0v) is 16.1. The summed E-state index contributed by atoms with van der Waals surface area (Å²) in [5.41, 5.74) is -0.0790. The van der Waals surface area contributed by atoms with Crippen molar-refractivity contribution in [1.29, 1.82) is 0 Å². The number of carbonyl (C=O) groups is 1. The van der Waals surface area contributed by atoms with Crippen LogP contribution in [0.1, 0.15) is 5.56 Å². The van der Waals surface area contributed by atoms with Crippen LogP contribution in [-0.4, -0.2) is 35.4 Å². The first-order valence-electron chi connectivity index (χ1n) is 8.79. The van der Waals surface area contributed by atoms with Crippen molar-refractivity contribution in [2.24, 2.45) is 0 Å². The largest absolute Gasteiger partial charge is 0.548 e. The molecule has 4 aromatic rings. The Hall–Kier alpha value is -3.70. The van der Waals surface area contributed by atoms with Crippen LogP contribution in [0, 0.1) is 0 Å². The summed E-state index contributed by atoms with van der Waals surface area (Å²) in [6.07, 6.45) is 1.48. The molecule has 0 bridgehead atoms. The molecule has 0 aliphatic rings. The van der Waals surface area contributed by atoms with Crippen molar-refractivity contribution in [3.05, 3.63) is 74.9 Å². The van der Waals surface area contributed by atoms with E-state index in [0.29, 0.717) is 5.56 Å². The maximum absolute atomic E-state index is 12.8. The minimum atomic E-state index is -4.27. The fourth-order valence-corrected chi connectivity index (χ4v) is 4.42. The van der Waals surface area contributed by atoms with Crippen molar-refractivity contribution < 1.29 is 18.3 Å². The second kappa shape index (κ2) is 7.28. The van der Waals surface area contributed by atoms with Crippen molar-refractivity contribution in [2.75, 3.05) is 0 Å². The Labute approximate surface area is 168 Å². The zero-order valence-electron chi connectivity index (χ0n) is 15.3. The molecule has 0 saturated heterocycles. The number of hydrogen-bond donors (Lipinski definition) is 4. The Morgan fingerprint density at radius 2 is 1.70 bits per heavy atom. The SMILES string of the molecule is O=C([O-])[C@@H](Cc1c[nH]c2ccccc12)NS(=O)(=O)c1ccc2[nH]c(=O)c(=O)[nH]c2c1. The monoisotopic (exact) mass is 427 g/mol. The third kappa shape index (κ3) is 3.63. The van der Waals surface area contributed by atoms with Gasteiger partial charge in [-0.25, -0.2) is 13.1 Å². The summed E-state index contributed by atoms with van der Waals surface area (Å²) in [7, 11) is -4.27. The van der Waals surface area contributed by atoms with Gasteiger partial charge in [0, 0.05) is 17.1 Å². The Morgan fingerprint density at radius 3 is 2.43 bits per heavy atom. The highest BCUT2D eigenvalue weighted by Crippen LogP contribution is 2.20. The third-order valence-corrected chi connectivity index (χ3v) is 6.15. The van der Waals surface area contributed by atoms with Gasteiger partial charge in [0.25, 0.3) is 0 Å². The van der Waals surface area contributed by atoms with E-state index in [1.807, 2.05) is 12.1 Å². The van der Waals surface area contributed by atoms with E-state index in [2.05, 4.69) is 19.7 Å². The third-order valence-electron chi connectivity index (χ3n) is 4.68. The second-order valence-corrected chi connectivity index (χ2v) is 8.39. The van der Waals surface area contributed by atoms with E-state index in [0.717, 1.165) is 17.0 Å². The maximum atomic E-state index is 12.8. The van der Waals surface area contributed by atoms with Gasteiger partial charge in [-0.2, -0.15) is 0 Å². The summed E-state index contributed by atoms with van der Waals surface area (Å²) in [4.78, 5) is 41.8. The number of para-hydroxylation sites is 1. The number of aromatic nitrogens is 3. The van der Waals surface area contributed by atoms with E-state index in [1.165, 1.54) is 12.1 Å². The molecule has 0 unspecified atom stereocenters. The number of sulfonamides is 1. The molecule has 11 heteroatoms. The number of fused-ring (bicyclic) bond motifs is 2. The summed E-state index contributed by atoms with van der Waals surface area (Å²) in [5, 5.41) is 12.4. The lowest BCUT2D eigenvalue weighted by atomic mass is 10.1. The van der Waals surface area contributed by atoms with Crippen LogP contribution in [0.25, 0.3) is 21.9 Å². The maximum Gasteiger partial charge on any atom is 0.314 e. The fraction of sp³-hybridized carbons (Fsp3) is 0.105. The number of carbonyl (C=O) groups excluding carboxylic acids is 1. The zero-order chi connectivity index (χ0) is 21.5. The molecule has 0 spiro atoms. The molecule has 2 aromatic heterocycles. The van der Waals surface area contributed by atoms with Gasteiger partial charge in [0.05, 0.1) is 27.9 Å². The summed E-state index contributed by atoms with van der Waals surface area (Å²) >= 11 is 0. The van der Waals surface area contributed by atoms with Gasteiger partial charge < -0.3 is 24.9 Å². The van der Waals surface area contributed by atoms with Gasteiger partial charge in [-0.05, 0) is 36.2 Å². The molecule has 4 rings (SSSR count). The average molecular weight is 427 g/mol. The number of carboxylic acid groups (broad SMARTS) is 1. The van der Waals surface area contributed by atoms with Gasteiger partial charge in [0.2, 0.25) is 10.0 Å². The number of rotatable bonds is 6. The number of aromatic amines is 3. The van der Waals surface area contributed by atoms with Gasteiger partial charge in [-0.1, -0.05) is 18.2 Å². The topological polar surface area (TPSA) is 168 Å². The lowest BCUT2D eigenvalue weighted by molar-refractivity contribution is -0.307. The molecule has 0 aliphatic heterocycles. The van der Waals surface area contributed by atoms with E-state index in [9.17, 15) is 27.9 Å². The van der Waals surface area contributed by atoms with E-state index >= 15 is 0 Å². The second-order valence-electron chi connectivity index (χ2n) is 6.67. The first kappa shape index (κ1) is 19.6. The Balaban J connectivity index is 1.66. The molecule has 0 amide bonds. The van der Waals surface area contributed by atoms with Crippen LogP contribution in [0.2, 0.25) is 0 Å². The lowest BCUT2D eigenvalue weighted by Gasteiger charge is -2.19. The number of carboxylic acids is 1. The average Bonchev–Trinajstić information content (AvgIpc) is 3.11. The molecule has 10 nitrogen and oxygen atoms in total. The van der Waals surface area contributed by atoms with Crippen LogP contribution in [0.3, 0.4) is 0 Å². The number of aliphatic carboxylic acids is 1. The molecule has 30 heavy (non-hydrogen) atoms. The molecule has 0 aliphatic carbocycles. The Kier molecular flexibility index (Phi) is 4.76. The van der Waals surface area contributed by atoms with E-state index in [1.54, 1.807) is 18.3 Å². The Morgan fingerprint density at radius 1 is 1.00 bits per heavy atom. The minimum Gasteiger partial charge on any atom is -0.548 e. The summed E-state index contributed by atoms with van der Waals surface area (Å²) in [5.74, 6) is -1.58. The highest BCUT2D eigenvalue weighted by atomic mass is 32.2. The molecule has 154 valence electrons. The first-order valence-corrected chi connectivity index (χ1v) is 10.3. The normalized spacial score (nSPS) is 12.9. The standard InChI is InChI=1S/C19H16N4O6S/c24-17-18(25)22-15-8-11(5-6-14(15)21-17)30(28,29)23-16(19(26)27)7-10-9-20-13-4-2-1-3-12(10)13/h1-6,8-9,16,20,23H,7H2,(H,21,24)(H,22,25)(H,26,27)/p-1/t16-/m1/s1. The predicted molar refractivity (Wildman–Crippen MR) is 106 cm³/mol. The van der Waals surface area contributed by atoms with Crippen molar-refractivity contribution in [3.63, 3.8) is 0 Å². The van der Waals surface area contributed by atoms with Crippen LogP contribution >= 0.6 is 0 Å². The van der Waals surface area contributed by atoms with Gasteiger partial charge in [-0.3, -0.25) is 9.59 Å². The van der Waals surface area contributed by atoms with Crippen LogP contribution in [0.4, 0.5) is 0 Å². The van der Waals surface area contributed by atoms with Crippen molar-refractivity contribution in [3.8, 4) is 0 Å². The van der Waals surface area contributed by atoms with Crippen molar-refractivity contribution in [1.82, 2.24) is 19.7 Å². The van der Waals surface area contributed by atoms with Gasteiger partial charge in [0.1, 0.15) is 0 Å². The molecule has 2 aromatic carbocycles. The molecule has 0 saturated carbocycles. The van der Waals surface area contributed by atoms with Crippen LogP contribution in [0.15, 0.2) is 63.1 Å². The summed E-state index contributed by atoms with van der Waals surface area (Å²) < 4.78 is 27.7. The van der Waals surface area contributed by atoms with E-state index in [-0.39, 0.29) is 22.3 Å². The van der Waals surface area contributed by atoms with Crippen LogP contribution in [0.5, 0.6) is 0 Å². The van der Waals surface area contributed by atoms with Crippen molar-refractivity contribution in [2.45, 2.75) is 17.4 Å². The number of nitrogens with one attached hydrogen (secondary N) is 4. The predicted octanol–water partition coefficient (Wildman–Crippen LogP) is -0.663. The van der Waals surface area contributed by atoms with Gasteiger partial charge in [-0.15, -0.1) is 0 Å². The number of hydrogen-bond acceptors (Lipinski definition) is 6. The first-order chi connectivity index (χ1) is 14.2. The molecule has 2 heterocycles. The smallest absolute Gasteiger partial charge is 0.314 e. The molecule has 0 fully saturated rings. The summed E-state index contributed by atoms with van der Waals surface area (Å²) in [6, 6.07) is 9.31. The molecular weight excluding hydrogens is 412 g/mol. The molecule has 1 atom stereocenters. The van der Waals surface area contributed by atoms with Crippen LogP contribution < -0.4 is 20.9 Å².